The lowest BCUT2D eigenvalue weighted by molar-refractivity contribution is 0.282. The van der Waals surface area contributed by atoms with E-state index in [4.69, 9.17) is 28.3 Å². The van der Waals surface area contributed by atoms with Gasteiger partial charge in [0.05, 0.1) is 11.6 Å². The number of aliphatic hydroxyl groups is 1. The van der Waals surface area contributed by atoms with Crippen LogP contribution in [0.2, 0.25) is 10.0 Å². The second-order valence-corrected chi connectivity index (χ2v) is 4.20. The summed E-state index contributed by atoms with van der Waals surface area (Å²) in [6.45, 7) is -0.0723. The largest absolute Gasteiger partial charge is 0.392 e. The molecule has 2 aromatic rings. The molecular weight excluding hydrogens is 243 g/mol. The van der Waals surface area contributed by atoms with Gasteiger partial charge in [0.15, 0.2) is 0 Å². The molecule has 0 unspecified atom stereocenters. The van der Waals surface area contributed by atoms with Crippen LogP contribution in [-0.4, -0.2) is 5.11 Å². The van der Waals surface area contributed by atoms with Crippen LogP contribution in [0.4, 0.5) is 0 Å². The van der Waals surface area contributed by atoms with Gasteiger partial charge in [0.2, 0.25) is 0 Å². The van der Waals surface area contributed by atoms with Crippen LogP contribution in [0.1, 0.15) is 5.56 Å². The number of aliphatic hydroxyl groups excluding tert-OH is 1. The molecule has 0 heterocycles. The van der Waals surface area contributed by atoms with Gasteiger partial charge in [-0.05, 0) is 11.6 Å². The number of benzene rings is 2. The van der Waals surface area contributed by atoms with Crippen LogP contribution in [0.25, 0.3) is 11.1 Å². The molecule has 0 amide bonds. The zero-order chi connectivity index (χ0) is 11.5. The number of hydrogen-bond donors (Lipinski definition) is 1. The van der Waals surface area contributed by atoms with Crippen molar-refractivity contribution in [3.8, 4) is 11.1 Å². The molecule has 3 heteroatoms. The number of rotatable bonds is 2. The summed E-state index contributed by atoms with van der Waals surface area (Å²) in [6.07, 6.45) is 0. The van der Waals surface area contributed by atoms with Crippen LogP contribution in [0.15, 0.2) is 42.5 Å². The van der Waals surface area contributed by atoms with Gasteiger partial charge in [0, 0.05) is 16.1 Å². The van der Waals surface area contributed by atoms with Crippen molar-refractivity contribution in [1.82, 2.24) is 0 Å². The van der Waals surface area contributed by atoms with Gasteiger partial charge in [-0.2, -0.15) is 0 Å². The summed E-state index contributed by atoms with van der Waals surface area (Å²) in [4.78, 5) is 0. The van der Waals surface area contributed by atoms with E-state index in [1.165, 1.54) is 0 Å². The molecule has 2 rings (SSSR count). The monoisotopic (exact) mass is 252 g/mol. The van der Waals surface area contributed by atoms with Crippen molar-refractivity contribution in [2.24, 2.45) is 0 Å². The van der Waals surface area contributed by atoms with Gasteiger partial charge in [-0.25, -0.2) is 0 Å². The molecule has 0 aliphatic heterocycles. The smallest absolute Gasteiger partial charge is 0.0696 e. The average Bonchev–Trinajstić information content (AvgIpc) is 2.31. The highest BCUT2D eigenvalue weighted by Crippen LogP contribution is 2.34. The van der Waals surface area contributed by atoms with Gasteiger partial charge in [-0.1, -0.05) is 59.6 Å². The molecule has 1 N–H and O–H groups in total. The van der Waals surface area contributed by atoms with E-state index in [2.05, 4.69) is 0 Å². The van der Waals surface area contributed by atoms with Crippen LogP contribution >= 0.6 is 23.2 Å². The van der Waals surface area contributed by atoms with E-state index in [1.54, 1.807) is 6.07 Å². The Hall–Kier alpha value is -1.02. The summed E-state index contributed by atoms with van der Waals surface area (Å²) in [5.74, 6) is 0. The topological polar surface area (TPSA) is 20.2 Å². The zero-order valence-corrected chi connectivity index (χ0v) is 9.96. The number of halogens is 2. The Kier molecular flexibility index (Phi) is 3.49. The van der Waals surface area contributed by atoms with Crippen LogP contribution in [0, 0.1) is 0 Å². The molecule has 0 atom stereocenters. The average molecular weight is 253 g/mol. The van der Waals surface area contributed by atoms with Crippen molar-refractivity contribution < 1.29 is 5.11 Å². The fourth-order valence-electron chi connectivity index (χ4n) is 1.59. The summed E-state index contributed by atoms with van der Waals surface area (Å²) in [5.41, 5.74) is 2.43. The first-order valence-electron chi connectivity index (χ1n) is 4.87. The Morgan fingerprint density at radius 1 is 0.875 bits per heavy atom. The van der Waals surface area contributed by atoms with Crippen molar-refractivity contribution in [2.45, 2.75) is 6.61 Å². The minimum atomic E-state index is -0.0723. The van der Waals surface area contributed by atoms with Crippen LogP contribution in [0.3, 0.4) is 0 Å². The lowest BCUT2D eigenvalue weighted by Crippen LogP contribution is -1.88. The van der Waals surface area contributed by atoms with E-state index < -0.39 is 0 Å². The van der Waals surface area contributed by atoms with Crippen LogP contribution < -0.4 is 0 Å². The predicted molar refractivity (Wildman–Crippen MR) is 67.8 cm³/mol. The maximum atomic E-state index is 9.14. The van der Waals surface area contributed by atoms with Gasteiger partial charge in [0.25, 0.3) is 0 Å². The van der Waals surface area contributed by atoms with Gasteiger partial charge in [-0.3, -0.25) is 0 Å². The first kappa shape index (κ1) is 11.5. The van der Waals surface area contributed by atoms with Crippen molar-refractivity contribution in [2.75, 3.05) is 0 Å². The Bertz CT molecular complexity index is 509. The summed E-state index contributed by atoms with van der Waals surface area (Å²) >= 11 is 12.3. The van der Waals surface area contributed by atoms with Crippen molar-refractivity contribution in [3.05, 3.63) is 58.1 Å². The van der Waals surface area contributed by atoms with E-state index in [0.29, 0.717) is 15.6 Å². The molecule has 0 aromatic heterocycles. The Morgan fingerprint density at radius 2 is 1.56 bits per heavy atom. The predicted octanol–water partition coefficient (Wildman–Crippen LogP) is 4.15. The molecule has 0 bridgehead atoms. The number of hydrogen-bond acceptors (Lipinski definition) is 1. The molecule has 0 aliphatic carbocycles. The molecule has 0 aliphatic rings. The Morgan fingerprint density at radius 3 is 2.25 bits per heavy atom. The van der Waals surface area contributed by atoms with E-state index in [-0.39, 0.29) is 6.61 Å². The Labute approximate surface area is 104 Å². The minimum absolute atomic E-state index is 0.0723. The minimum Gasteiger partial charge on any atom is -0.392 e. The molecule has 82 valence electrons. The first-order chi connectivity index (χ1) is 7.74. The highest BCUT2D eigenvalue weighted by molar-refractivity contribution is 6.36. The van der Waals surface area contributed by atoms with Gasteiger partial charge in [-0.15, -0.1) is 0 Å². The maximum Gasteiger partial charge on any atom is 0.0696 e. The quantitative estimate of drug-likeness (QED) is 0.852. The van der Waals surface area contributed by atoms with Gasteiger partial charge in [0.1, 0.15) is 0 Å². The summed E-state index contributed by atoms with van der Waals surface area (Å²) < 4.78 is 0. The molecule has 0 radical (unpaired) electrons. The van der Waals surface area contributed by atoms with E-state index >= 15 is 0 Å². The SMILES string of the molecule is OCc1cccc(-c2ccccc2Cl)c1Cl. The summed E-state index contributed by atoms with van der Waals surface area (Å²) in [7, 11) is 0. The molecule has 0 saturated carbocycles. The normalized spacial score (nSPS) is 10.4. The third-order valence-corrected chi connectivity index (χ3v) is 3.19. The van der Waals surface area contributed by atoms with Crippen molar-refractivity contribution >= 4 is 23.2 Å². The standard InChI is InChI=1S/C13H10Cl2O/c14-12-7-2-1-5-10(12)11-6-3-4-9(8-16)13(11)15/h1-7,16H,8H2. The lowest BCUT2D eigenvalue weighted by atomic mass is 10.0. The third-order valence-electron chi connectivity index (χ3n) is 2.41. The third kappa shape index (κ3) is 2.07. The second-order valence-electron chi connectivity index (χ2n) is 3.42. The molecule has 0 fully saturated rings. The zero-order valence-electron chi connectivity index (χ0n) is 8.45. The second kappa shape index (κ2) is 4.88. The maximum absolute atomic E-state index is 9.14. The van der Waals surface area contributed by atoms with Crippen LogP contribution in [0.5, 0.6) is 0 Å². The fraction of sp³-hybridized carbons (Fsp3) is 0.0769. The molecule has 2 aromatic carbocycles. The molecular formula is C13H10Cl2O. The van der Waals surface area contributed by atoms with Gasteiger partial charge >= 0.3 is 0 Å². The summed E-state index contributed by atoms with van der Waals surface area (Å²) in [6, 6.07) is 13.0. The van der Waals surface area contributed by atoms with Crippen molar-refractivity contribution in [1.29, 1.82) is 0 Å². The van der Waals surface area contributed by atoms with E-state index in [0.717, 1.165) is 11.1 Å². The fourth-order valence-corrected chi connectivity index (χ4v) is 2.11. The highest BCUT2D eigenvalue weighted by atomic mass is 35.5. The van der Waals surface area contributed by atoms with Crippen LogP contribution in [-0.2, 0) is 6.61 Å². The highest BCUT2D eigenvalue weighted by Gasteiger charge is 2.09. The lowest BCUT2D eigenvalue weighted by Gasteiger charge is -2.09. The summed E-state index contributed by atoms with van der Waals surface area (Å²) in [5, 5.41) is 10.3. The van der Waals surface area contributed by atoms with E-state index in [1.807, 2.05) is 36.4 Å². The Balaban J connectivity index is 2.61. The van der Waals surface area contributed by atoms with Gasteiger partial charge < -0.3 is 5.11 Å². The van der Waals surface area contributed by atoms with E-state index in [9.17, 15) is 0 Å². The molecule has 0 spiro atoms. The molecule has 1 nitrogen and oxygen atoms in total. The molecule has 0 saturated heterocycles. The molecule has 16 heavy (non-hydrogen) atoms. The van der Waals surface area contributed by atoms with Crippen molar-refractivity contribution in [3.63, 3.8) is 0 Å². The first-order valence-corrected chi connectivity index (χ1v) is 5.63.